The number of aromatic amines is 1. The second-order valence-corrected chi connectivity index (χ2v) is 5.71. The molecule has 1 aromatic carbocycles. The lowest BCUT2D eigenvalue weighted by molar-refractivity contribution is -0.297. The lowest BCUT2D eigenvalue weighted by Gasteiger charge is -2.09. The first-order chi connectivity index (χ1) is 11.6. The van der Waals surface area contributed by atoms with Crippen molar-refractivity contribution in [1.82, 2.24) is 15.2 Å². The van der Waals surface area contributed by atoms with E-state index in [1.54, 1.807) is 24.3 Å². The van der Waals surface area contributed by atoms with Crippen LogP contribution in [-0.4, -0.2) is 27.8 Å². The van der Waals surface area contributed by atoms with Crippen LogP contribution in [0.4, 0.5) is 0 Å². The molecule has 24 heavy (non-hydrogen) atoms. The number of benzene rings is 1. The minimum atomic E-state index is -1.34. The maximum Gasteiger partial charge on any atom is 0.213 e. The number of hydrogen-bond acceptors (Lipinski definition) is 7. The summed E-state index contributed by atoms with van der Waals surface area (Å²) in [4.78, 5) is 15.6. The van der Waals surface area contributed by atoms with Crippen molar-refractivity contribution in [2.75, 3.05) is 6.61 Å². The van der Waals surface area contributed by atoms with E-state index in [-0.39, 0.29) is 11.5 Å². The van der Waals surface area contributed by atoms with Gasteiger partial charge in [-0.15, -0.1) is 5.10 Å². The molecule has 1 N–H and O–H groups in total. The van der Waals surface area contributed by atoms with Gasteiger partial charge in [-0.1, -0.05) is 25.1 Å². The molecule has 0 spiro atoms. The number of nitriles is 1. The predicted octanol–water partition coefficient (Wildman–Crippen LogP) is 1.54. The Morgan fingerprint density at radius 3 is 3.00 bits per heavy atom. The number of carbonyl (C=O) groups is 1. The fourth-order valence-corrected chi connectivity index (χ4v) is 2.60. The number of nitrogens with one attached hydrogen (secondary N) is 1. The van der Waals surface area contributed by atoms with Crippen LogP contribution in [0.3, 0.4) is 0 Å². The molecule has 2 aromatic rings. The fourth-order valence-electron chi connectivity index (χ4n) is 1.88. The minimum absolute atomic E-state index is 0.0509. The molecule has 1 heterocycles. The number of nitrogens with zero attached hydrogens (tertiary/aromatic N) is 3. The summed E-state index contributed by atoms with van der Waals surface area (Å²) < 4.78 is 5.29. The summed E-state index contributed by atoms with van der Waals surface area (Å²) in [5, 5.41) is 27.1. The minimum Gasteiger partial charge on any atom is -0.544 e. The topological polar surface area (TPSA) is 115 Å². The van der Waals surface area contributed by atoms with Gasteiger partial charge in [-0.05, 0) is 30.3 Å². The largest absolute Gasteiger partial charge is 0.544 e. The summed E-state index contributed by atoms with van der Waals surface area (Å²) in [6.45, 7) is 1.89. The number of carboxylic acids is 1. The number of aromatic nitrogens is 3. The Bertz CT molecular complexity index is 780. The average molecular weight is 343 g/mol. The molecule has 0 fully saturated rings. The summed E-state index contributed by atoms with van der Waals surface area (Å²) in [5.41, 5.74) is 0.531. The molecular weight excluding hydrogens is 328 g/mol. The van der Waals surface area contributed by atoms with Crippen LogP contribution in [0.15, 0.2) is 34.3 Å². The summed E-state index contributed by atoms with van der Waals surface area (Å²) in [6, 6.07) is 8.71. The number of carboxylic acid groups (broad SMARTS) is 1. The van der Waals surface area contributed by atoms with E-state index in [0.29, 0.717) is 22.3 Å². The van der Waals surface area contributed by atoms with Gasteiger partial charge in [0, 0.05) is 16.9 Å². The standard InChI is InChI=1S/C16H16N4O3S/c1-2-5-14-18-16(20-19-14)24-13(15(21)22)10-11-6-3-4-7-12(11)23-9-8-17/h3-4,6-7,10H,2,5,9H2,1H3,(H,21,22)(H,18,19,20)/p-1/b13-10-. The molecule has 2 rings (SSSR count). The summed E-state index contributed by atoms with van der Waals surface area (Å²) >= 11 is 0.896. The smallest absolute Gasteiger partial charge is 0.213 e. The third-order valence-electron chi connectivity index (χ3n) is 2.90. The molecule has 0 aliphatic carbocycles. The molecule has 0 saturated heterocycles. The maximum absolute atomic E-state index is 11.4. The third-order valence-corrected chi connectivity index (χ3v) is 3.77. The molecule has 0 bridgehead atoms. The zero-order valence-corrected chi connectivity index (χ0v) is 13.8. The number of aliphatic carboxylic acids is 1. The van der Waals surface area contributed by atoms with Crippen molar-refractivity contribution in [1.29, 1.82) is 5.26 Å². The molecule has 0 radical (unpaired) electrons. The first-order valence-electron chi connectivity index (χ1n) is 7.25. The van der Waals surface area contributed by atoms with Gasteiger partial charge < -0.3 is 14.6 Å². The van der Waals surface area contributed by atoms with Gasteiger partial charge in [0.15, 0.2) is 6.61 Å². The van der Waals surface area contributed by atoms with Gasteiger partial charge in [-0.3, -0.25) is 5.10 Å². The van der Waals surface area contributed by atoms with Crippen molar-refractivity contribution in [2.45, 2.75) is 24.9 Å². The van der Waals surface area contributed by atoms with Crippen molar-refractivity contribution in [3.05, 3.63) is 40.6 Å². The Morgan fingerprint density at radius 2 is 2.29 bits per heavy atom. The van der Waals surface area contributed by atoms with Crippen molar-refractivity contribution < 1.29 is 14.6 Å². The van der Waals surface area contributed by atoms with Gasteiger partial charge in [0.1, 0.15) is 17.6 Å². The molecule has 124 valence electrons. The van der Waals surface area contributed by atoms with Crippen LogP contribution in [0.25, 0.3) is 6.08 Å². The number of hydrogen-bond donors (Lipinski definition) is 1. The molecule has 0 aliphatic rings. The Morgan fingerprint density at radius 1 is 1.50 bits per heavy atom. The Hall–Kier alpha value is -2.79. The Kier molecular flexibility index (Phi) is 6.40. The summed E-state index contributed by atoms with van der Waals surface area (Å²) in [5.74, 6) is -0.215. The van der Waals surface area contributed by atoms with E-state index < -0.39 is 5.97 Å². The van der Waals surface area contributed by atoms with Crippen LogP contribution >= 0.6 is 11.8 Å². The zero-order valence-electron chi connectivity index (χ0n) is 13.0. The van der Waals surface area contributed by atoms with Crippen molar-refractivity contribution in [3.63, 3.8) is 0 Å². The summed E-state index contributed by atoms with van der Waals surface area (Å²) in [7, 11) is 0. The van der Waals surface area contributed by atoms with Crippen LogP contribution in [-0.2, 0) is 11.2 Å². The highest BCUT2D eigenvalue weighted by molar-refractivity contribution is 8.04. The van der Waals surface area contributed by atoms with Crippen LogP contribution in [0.5, 0.6) is 5.75 Å². The van der Waals surface area contributed by atoms with Gasteiger partial charge in [-0.2, -0.15) is 5.26 Å². The molecule has 0 unspecified atom stereocenters. The van der Waals surface area contributed by atoms with Gasteiger partial charge in [0.2, 0.25) is 5.16 Å². The van der Waals surface area contributed by atoms with Crippen molar-refractivity contribution in [2.24, 2.45) is 0 Å². The number of carbonyl (C=O) groups excluding carboxylic acids is 1. The number of aryl methyl sites for hydroxylation is 1. The van der Waals surface area contributed by atoms with Crippen molar-refractivity contribution >= 4 is 23.8 Å². The van der Waals surface area contributed by atoms with E-state index in [2.05, 4.69) is 15.2 Å². The number of para-hydroxylation sites is 1. The van der Waals surface area contributed by atoms with Crippen LogP contribution in [0.1, 0.15) is 24.7 Å². The van der Waals surface area contributed by atoms with E-state index in [4.69, 9.17) is 10.00 Å². The molecule has 0 atom stereocenters. The normalized spacial score (nSPS) is 11.1. The molecule has 1 aromatic heterocycles. The Balaban J connectivity index is 2.25. The number of rotatable bonds is 8. The van der Waals surface area contributed by atoms with E-state index in [1.165, 1.54) is 6.08 Å². The number of ether oxygens (including phenoxy) is 1. The van der Waals surface area contributed by atoms with E-state index >= 15 is 0 Å². The molecular formula is C16H15N4O3S-. The van der Waals surface area contributed by atoms with Gasteiger partial charge in [-0.25, -0.2) is 4.98 Å². The van der Waals surface area contributed by atoms with Crippen LogP contribution in [0, 0.1) is 11.3 Å². The van der Waals surface area contributed by atoms with E-state index in [9.17, 15) is 9.90 Å². The first-order valence-corrected chi connectivity index (χ1v) is 8.06. The molecule has 7 nitrogen and oxygen atoms in total. The van der Waals surface area contributed by atoms with E-state index in [1.807, 2.05) is 13.0 Å². The highest BCUT2D eigenvalue weighted by atomic mass is 32.2. The second kappa shape index (κ2) is 8.74. The maximum atomic E-state index is 11.4. The number of thioether (sulfide) groups is 1. The molecule has 0 saturated carbocycles. The molecule has 0 amide bonds. The zero-order chi connectivity index (χ0) is 17.4. The van der Waals surface area contributed by atoms with Gasteiger partial charge in [0.05, 0.1) is 5.97 Å². The van der Waals surface area contributed by atoms with Crippen LogP contribution in [0.2, 0.25) is 0 Å². The molecule has 8 heteroatoms. The van der Waals surface area contributed by atoms with Crippen LogP contribution < -0.4 is 9.84 Å². The SMILES string of the molecule is CCCc1nc(S/C(=C\c2ccccc2OCC#N)C(=O)[O-])n[nH]1. The lowest BCUT2D eigenvalue weighted by atomic mass is 10.2. The fraction of sp³-hybridized carbons (Fsp3) is 0.250. The number of H-pyrrole nitrogens is 1. The quantitative estimate of drug-likeness (QED) is 0.571. The lowest BCUT2D eigenvalue weighted by Crippen LogP contribution is -2.23. The average Bonchev–Trinajstić information content (AvgIpc) is 3.01. The third kappa shape index (κ3) is 4.86. The highest BCUT2D eigenvalue weighted by Gasteiger charge is 2.10. The van der Waals surface area contributed by atoms with E-state index in [0.717, 1.165) is 24.6 Å². The van der Waals surface area contributed by atoms with Crippen molar-refractivity contribution in [3.8, 4) is 11.8 Å². The summed E-state index contributed by atoms with van der Waals surface area (Å²) in [6.07, 6.45) is 3.07. The van der Waals surface area contributed by atoms with Gasteiger partial charge >= 0.3 is 0 Å². The predicted molar refractivity (Wildman–Crippen MR) is 86.8 cm³/mol. The highest BCUT2D eigenvalue weighted by Crippen LogP contribution is 2.28. The van der Waals surface area contributed by atoms with Gasteiger partial charge in [0.25, 0.3) is 0 Å². The Labute approximate surface area is 143 Å². The molecule has 0 aliphatic heterocycles. The second-order valence-electron chi connectivity index (χ2n) is 4.70. The first kappa shape index (κ1) is 17.6. The monoisotopic (exact) mass is 343 g/mol.